The second-order valence-electron chi connectivity index (χ2n) is 19.4. The summed E-state index contributed by atoms with van der Waals surface area (Å²) in [5.74, 6) is 0. The Hall–Kier alpha value is -4.72. The molecule has 0 bridgehead atoms. The van der Waals surface area contributed by atoms with Gasteiger partial charge in [-0.15, -0.1) is 0 Å². The molecule has 0 unspecified atom stereocenters. The first-order valence-electron chi connectivity index (χ1n) is 21.7. The molecule has 6 aromatic rings. The van der Waals surface area contributed by atoms with E-state index in [1.807, 2.05) is 129 Å². The fraction of sp³-hybridized carbons (Fsp3) is 0.385. The lowest BCUT2D eigenvalue weighted by Crippen LogP contribution is -2.41. The van der Waals surface area contributed by atoms with Crippen LogP contribution in [0.4, 0.5) is 0 Å². The van der Waals surface area contributed by atoms with Crippen molar-refractivity contribution in [1.29, 1.82) is 0 Å². The van der Waals surface area contributed by atoms with E-state index in [1.165, 1.54) is 0 Å². The second-order valence-corrected chi connectivity index (χ2v) is 19.8. The van der Waals surface area contributed by atoms with Crippen LogP contribution >= 0.6 is 11.6 Å². The maximum atomic E-state index is 6.28. The van der Waals surface area contributed by atoms with E-state index in [0.29, 0.717) is 5.02 Å². The maximum absolute atomic E-state index is 6.28. The Morgan fingerprint density at radius 1 is 0.364 bits per heavy atom. The Labute approximate surface area is 400 Å². The average Bonchev–Trinajstić information content (AvgIpc) is 3.74. The summed E-state index contributed by atoms with van der Waals surface area (Å²) in [5, 5.41) is 0.709. The Morgan fingerprint density at radius 3 is 0.879 bits per heavy atom. The molecule has 0 radical (unpaired) electrons. The Balaban J connectivity index is 0.000000188. The summed E-state index contributed by atoms with van der Waals surface area (Å²) >= 11 is 6.21. The van der Waals surface area contributed by atoms with E-state index >= 15 is 0 Å². The van der Waals surface area contributed by atoms with Gasteiger partial charge in [0.2, 0.25) is 0 Å². The van der Waals surface area contributed by atoms with E-state index in [1.54, 1.807) is 24.8 Å². The van der Waals surface area contributed by atoms with Gasteiger partial charge < -0.3 is 27.9 Å². The van der Waals surface area contributed by atoms with Crippen molar-refractivity contribution in [2.45, 2.75) is 132 Å². The monoisotopic (exact) mass is 910 g/mol. The van der Waals surface area contributed by atoms with Crippen LogP contribution in [0.2, 0.25) is 5.02 Å². The molecule has 0 atom stereocenters. The van der Waals surface area contributed by atoms with Crippen LogP contribution in [0.15, 0.2) is 135 Å². The highest BCUT2D eigenvalue weighted by Gasteiger charge is 2.63. The third-order valence-corrected chi connectivity index (χ3v) is 13.3. The minimum atomic E-state index is -0.476. The highest BCUT2D eigenvalue weighted by Crippen LogP contribution is 2.43. The summed E-state index contributed by atoms with van der Waals surface area (Å²) in [4.78, 5) is 16.8. The Bertz CT molecular complexity index is 2320. The molecule has 66 heavy (non-hydrogen) atoms. The predicted molar refractivity (Wildman–Crippen MR) is 272 cm³/mol. The van der Waals surface area contributed by atoms with Crippen molar-refractivity contribution >= 4 is 38.2 Å². The lowest BCUT2D eigenvalue weighted by molar-refractivity contribution is 0.00578. The van der Waals surface area contributed by atoms with Crippen molar-refractivity contribution in [1.82, 2.24) is 19.9 Å². The first-order chi connectivity index (χ1) is 30.1. The van der Waals surface area contributed by atoms with Crippen LogP contribution in [0.3, 0.4) is 0 Å². The van der Waals surface area contributed by atoms with Gasteiger partial charge in [0.05, 0.1) is 33.6 Å². The fourth-order valence-electron chi connectivity index (χ4n) is 7.16. The van der Waals surface area contributed by atoms with Crippen LogP contribution in [0.1, 0.15) is 97.9 Å². The van der Waals surface area contributed by atoms with Gasteiger partial charge in [0, 0.05) is 65.7 Å². The topological polar surface area (TPSA) is 107 Å². The zero-order valence-electron chi connectivity index (χ0n) is 39.1. The molecule has 3 saturated heterocycles. The first kappa shape index (κ1) is 52.3. The molecule has 10 nitrogen and oxygen atoms in total. The molecular weight excluding hydrogens is 844 g/mol. The van der Waals surface area contributed by atoms with E-state index in [-0.39, 0.29) is 48.5 Å². The van der Waals surface area contributed by atoms with E-state index in [9.17, 15) is 0 Å². The van der Waals surface area contributed by atoms with Gasteiger partial charge in [0.1, 0.15) is 0 Å². The van der Waals surface area contributed by atoms with Crippen molar-refractivity contribution < 1.29 is 27.9 Å². The summed E-state index contributed by atoms with van der Waals surface area (Å²) in [5.41, 5.74) is 7.28. The minimum absolute atomic E-state index is 0. The minimum Gasteiger partial charge on any atom is -0.405 e. The molecule has 14 heteroatoms. The van der Waals surface area contributed by atoms with Crippen LogP contribution in [0.5, 0.6) is 0 Å². The van der Waals surface area contributed by atoms with E-state index in [4.69, 9.17) is 39.5 Å². The van der Waals surface area contributed by atoms with Gasteiger partial charge >= 0.3 is 21.1 Å². The van der Waals surface area contributed by atoms with Gasteiger partial charge in [-0.3, -0.25) is 19.9 Å². The molecule has 7 heterocycles. The summed E-state index contributed by atoms with van der Waals surface area (Å²) < 4.78 is 36.4. The van der Waals surface area contributed by atoms with Crippen LogP contribution in [0, 0.1) is 0 Å². The molecule has 0 saturated carbocycles. The lowest BCUT2D eigenvalue weighted by Gasteiger charge is -2.32. The zero-order valence-corrected chi connectivity index (χ0v) is 39.8. The quantitative estimate of drug-likeness (QED) is 0.150. The van der Waals surface area contributed by atoms with Gasteiger partial charge in [-0.25, -0.2) is 0 Å². The lowest BCUT2D eigenvalue weighted by atomic mass is 9.49. The molecule has 0 spiro atoms. The van der Waals surface area contributed by atoms with Crippen molar-refractivity contribution in [3.63, 3.8) is 0 Å². The summed E-state index contributed by atoms with van der Waals surface area (Å²) in [7, 11) is -1.37. The van der Waals surface area contributed by atoms with Gasteiger partial charge in [-0.05, 0) is 170 Å². The summed E-state index contributed by atoms with van der Waals surface area (Å²) in [6, 6.07) is 28.3. The first-order valence-corrected chi connectivity index (χ1v) is 22.1. The van der Waals surface area contributed by atoms with Crippen LogP contribution in [0.25, 0.3) is 44.5 Å². The third-order valence-electron chi connectivity index (χ3n) is 13.1. The van der Waals surface area contributed by atoms with Gasteiger partial charge in [0.25, 0.3) is 0 Å². The number of hydrogen-bond donors (Lipinski definition) is 0. The third kappa shape index (κ3) is 11.5. The molecule has 3 aliphatic rings. The number of aromatic nitrogens is 4. The van der Waals surface area contributed by atoms with Crippen molar-refractivity contribution in [3.8, 4) is 44.5 Å². The second kappa shape index (κ2) is 20.3. The summed E-state index contributed by atoms with van der Waals surface area (Å²) in [6.07, 6.45) is 14.5. The van der Waals surface area contributed by atoms with Crippen molar-refractivity contribution in [3.05, 3.63) is 140 Å². The van der Waals surface area contributed by atoms with Crippen LogP contribution in [-0.4, -0.2) is 74.7 Å². The number of benzene rings is 2. The maximum Gasteiger partial charge on any atom is 0.494 e. The number of nitrogens with zero attached hydrogens (tertiary/aromatic N) is 4. The molecule has 3 aliphatic heterocycles. The average molecular weight is 911 g/mol. The number of halogens is 1. The standard InChI is InChI=1S/C22H23BN2O2.C16H11ClN2.C12H24B2O4.2CH4/c1-21(2)22(3,4)27-23(26-21)20-12-18(16-7-5-9-24-14-16)11-19(13-20)17-8-6-10-25-15-17;17-16-8-14(12-3-1-5-18-10-12)7-15(9-16)13-4-2-6-19-11-13;1-9(2)10(3,4)16-13(15-9)14-17-11(5,6)12(7,8)18-14;;/h5-15H,1-4H3;1-11H;1-8H3;2*1H4. The smallest absolute Gasteiger partial charge is 0.405 e. The Kier molecular flexibility index (Phi) is 16.0. The Morgan fingerprint density at radius 2 is 0.621 bits per heavy atom. The van der Waals surface area contributed by atoms with Crippen LogP contribution in [-0.2, 0) is 27.9 Å². The molecule has 0 amide bonds. The number of hydrogen-bond acceptors (Lipinski definition) is 10. The van der Waals surface area contributed by atoms with Gasteiger partial charge in [0.15, 0.2) is 0 Å². The molecule has 9 rings (SSSR count). The highest BCUT2D eigenvalue weighted by molar-refractivity contribution is 7.11. The fourth-order valence-corrected chi connectivity index (χ4v) is 7.39. The van der Waals surface area contributed by atoms with Crippen molar-refractivity contribution in [2.24, 2.45) is 0 Å². The van der Waals surface area contributed by atoms with Gasteiger partial charge in [-0.1, -0.05) is 62.9 Å². The van der Waals surface area contributed by atoms with E-state index in [0.717, 1.165) is 50.0 Å². The molecule has 4 aromatic heterocycles. The SMILES string of the molecule is C.C.CC1(C)OB(B2OC(C)(C)C(C)(C)O2)OC1(C)C.CC1(C)OB(c2cc(-c3cccnc3)cc(-c3cccnc3)c2)OC1(C)C.Clc1cc(-c2cccnc2)cc(-c2cccnc2)c1. The van der Waals surface area contributed by atoms with Crippen molar-refractivity contribution in [2.75, 3.05) is 0 Å². The van der Waals surface area contributed by atoms with E-state index in [2.05, 4.69) is 84.0 Å². The largest absolute Gasteiger partial charge is 0.494 e. The molecule has 346 valence electrons. The zero-order chi connectivity index (χ0) is 46.1. The van der Waals surface area contributed by atoms with Gasteiger partial charge in [-0.2, -0.15) is 0 Å². The number of rotatable bonds is 6. The molecular formula is C52H66B3ClN4O6. The molecule has 0 aliphatic carbocycles. The van der Waals surface area contributed by atoms with E-state index < -0.39 is 21.1 Å². The highest BCUT2D eigenvalue weighted by atomic mass is 35.5. The molecule has 3 fully saturated rings. The predicted octanol–water partition coefficient (Wildman–Crippen LogP) is 12.1. The van der Waals surface area contributed by atoms with Crippen LogP contribution < -0.4 is 5.46 Å². The normalized spacial score (nSPS) is 19.0. The summed E-state index contributed by atoms with van der Waals surface area (Å²) in [6.45, 7) is 24.5. The molecule has 2 aromatic carbocycles. The number of pyridine rings is 4. The molecule has 0 N–H and O–H groups in total.